The second-order valence-electron chi connectivity index (χ2n) is 4.25. The summed E-state index contributed by atoms with van der Waals surface area (Å²) >= 11 is 2.04. The molecule has 1 unspecified atom stereocenters. The van der Waals surface area contributed by atoms with Crippen LogP contribution in [-0.2, 0) is 12.8 Å². The molecule has 0 saturated carbocycles. The Labute approximate surface area is 111 Å². The largest absolute Gasteiger partial charge is 0.282 e. The van der Waals surface area contributed by atoms with Gasteiger partial charge in [0, 0.05) is 5.69 Å². The molecule has 0 fully saturated rings. The van der Waals surface area contributed by atoms with Crippen LogP contribution in [0.2, 0.25) is 0 Å². The second kappa shape index (κ2) is 10.7. The van der Waals surface area contributed by atoms with E-state index in [0.717, 1.165) is 18.8 Å². The summed E-state index contributed by atoms with van der Waals surface area (Å²) < 4.78 is 0. The summed E-state index contributed by atoms with van der Waals surface area (Å²) in [5.74, 6) is 3.53. The quantitative estimate of drug-likeness (QED) is 0.821. The van der Waals surface area contributed by atoms with E-state index in [2.05, 4.69) is 44.8 Å². The van der Waals surface area contributed by atoms with Crippen molar-refractivity contribution in [1.82, 2.24) is 10.2 Å². The van der Waals surface area contributed by atoms with Gasteiger partial charge >= 0.3 is 0 Å². The first-order valence-electron chi connectivity index (χ1n) is 6.78. The van der Waals surface area contributed by atoms with Crippen LogP contribution in [0.3, 0.4) is 0 Å². The van der Waals surface area contributed by atoms with Crippen molar-refractivity contribution in [2.75, 3.05) is 11.5 Å². The van der Waals surface area contributed by atoms with Crippen LogP contribution in [0.4, 0.5) is 0 Å². The summed E-state index contributed by atoms with van der Waals surface area (Å²) in [6.07, 6.45) is 5.37. The van der Waals surface area contributed by atoms with Gasteiger partial charge in [-0.05, 0) is 35.8 Å². The Bertz CT molecular complexity index is 252. The lowest BCUT2D eigenvalue weighted by Crippen LogP contribution is -1.94. The van der Waals surface area contributed by atoms with Gasteiger partial charge in [0.2, 0.25) is 0 Å². The molecule has 0 spiro atoms. The van der Waals surface area contributed by atoms with Crippen LogP contribution in [0, 0.1) is 5.92 Å². The van der Waals surface area contributed by atoms with Gasteiger partial charge in [0.1, 0.15) is 0 Å². The fourth-order valence-corrected chi connectivity index (χ4v) is 2.26. The Morgan fingerprint density at radius 3 is 2.35 bits per heavy atom. The van der Waals surface area contributed by atoms with Gasteiger partial charge in [0.15, 0.2) is 0 Å². The minimum atomic E-state index is 0.917. The average Bonchev–Trinajstić information content (AvgIpc) is 2.83. The molecular weight excluding hydrogens is 228 g/mol. The number of aryl methyl sites for hydroxylation is 2. The number of aromatic amines is 1. The molecule has 0 aliphatic heterocycles. The highest BCUT2D eigenvalue weighted by Crippen LogP contribution is 2.09. The summed E-state index contributed by atoms with van der Waals surface area (Å²) in [5, 5.41) is 6.90. The smallest absolute Gasteiger partial charge is 0.0522 e. The summed E-state index contributed by atoms with van der Waals surface area (Å²) in [5.41, 5.74) is 2.62. The van der Waals surface area contributed by atoms with Gasteiger partial charge in [0.05, 0.1) is 6.20 Å². The highest BCUT2D eigenvalue weighted by Gasteiger charge is 1.97. The maximum Gasteiger partial charge on any atom is 0.0522 e. The second-order valence-corrected chi connectivity index (χ2v) is 5.57. The molecule has 1 heterocycles. The van der Waals surface area contributed by atoms with Crippen LogP contribution in [0.25, 0.3) is 0 Å². The van der Waals surface area contributed by atoms with Crippen molar-refractivity contribution in [3.05, 3.63) is 17.5 Å². The molecule has 1 aromatic rings. The number of hydrogen-bond acceptors (Lipinski definition) is 2. The van der Waals surface area contributed by atoms with E-state index in [1.165, 1.54) is 29.2 Å². The Morgan fingerprint density at radius 1 is 1.24 bits per heavy atom. The van der Waals surface area contributed by atoms with Crippen molar-refractivity contribution in [3.63, 3.8) is 0 Å². The Kier molecular flexibility index (Phi) is 10.4. The topological polar surface area (TPSA) is 28.7 Å². The van der Waals surface area contributed by atoms with E-state index >= 15 is 0 Å². The predicted molar refractivity (Wildman–Crippen MR) is 79.8 cm³/mol. The zero-order valence-corrected chi connectivity index (χ0v) is 12.9. The molecule has 0 saturated heterocycles. The van der Waals surface area contributed by atoms with E-state index in [0.29, 0.717) is 0 Å². The minimum absolute atomic E-state index is 0.917. The number of nitrogens with zero attached hydrogens (tertiary/aromatic N) is 1. The Morgan fingerprint density at radius 2 is 1.94 bits per heavy atom. The molecule has 0 amide bonds. The zero-order chi connectivity index (χ0) is 13.1. The van der Waals surface area contributed by atoms with Gasteiger partial charge in [-0.15, -0.1) is 0 Å². The molecule has 100 valence electrons. The van der Waals surface area contributed by atoms with Gasteiger partial charge < -0.3 is 0 Å². The standard InChI is InChI=1S/C7H12N2.C7H16S/c1-3-6-5-8-9-7(6)4-2;1-4-7(3)6-8-5-2/h5H,3-4H2,1-2H3,(H,8,9);7H,4-6H2,1-3H3. The first kappa shape index (κ1) is 16.6. The zero-order valence-electron chi connectivity index (χ0n) is 12.0. The fraction of sp³-hybridized carbons (Fsp3) is 0.786. The van der Waals surface area contributed by atoms with Gasteiger partial charge in [0.25, 0.3) is 0 Å². The van der Waals surface area contributed by atoms with Crippen LogP contribution in [0.5, 0.6) is 0 Å². The predicted octanol–water partition coefficient (Wildman–Crippen LogP) is 4.32. The van der Waals surface area contributed by atoms with Crippen molar-refractivity contribution in [3.8, 4) is 0 Å². The lowest BCUT2D eigenvalue weighted by molar-refractivity contribution is 0.637. The molecule has 1 atom stereocenters. The number of thioether (sulfide) groups is 1. The molecule has 0 aliphatic carbocycles. The minimum Gasteiger partial charge on any atom is -0.282 e. The number of aromatic nitrogens is 2. The van der Waals surface area contributed by atoms with Gasteiger partial charge in [-0.25, -0.2) is 0 Å². The van der Waals surface area contributed by atoms with Crippen LogP contribution < -0.4 is 0 Å². The number of nitrogens with one attached hydrogen (secondary N) is 1. The average molecular weight is 256 g/mol. The van der Waals surface area contributed by atoms with Crippen molar-refractivity contribution < 1.29 is 0 Å². The summed E-state index contributed by atoms with van der Waals surface area (Å²) in [7, 11) is 0. The maximum atomic E-state index is 3.94. The SMILES string of the molecule is CCSCC(C)CC.CCc1cn[nH]c1CC. The Hall–Kier alpha value is -0.440. The van der Waals surface area contributed by atoms with Crippen molar-refractivity contribution in [2.45, 2.75) is 53.9 Å². The van der Waals surface area contributed by atoms with E-state index in [1.807, 2.05) is 18.0 Å². The van der Waals surface area contributed by atoms with E-state index in [-0.39, 0.29) is 0 Å². The first-order chi connectivity index (χ1) is 8.19. The monoisotopic (exact) mass is 256 g/mol. The van der Waals surface area contributed by atoms with E-state index in [4.69, 9.17) is 0 Å². The van der Waals surface area contributed by atoms with Gasteiger partial charge in [-0.1, -0.05) is 41.0 Å². The normalized spacial score (nSPS) is 11.8. The molecule has 1 aromatic heterocycles. The third-order valence-electron chi connectivity index (χ3n) is 2.85. The first-order valence-corrected chi connectivity index (χ1v) is 7.93. The maximum absolute atomic E-state index is 3.94. The third-order valence-corrected chi connectivity index (χ3v) is 4.06. The van der Waals surface area contributed by atoms with Crippen molar-refractivity contribution in [2.24, 2.45) is 5.92 Å². The molecule has 17 heavy (non-hydrogen) atoms. The van der Waals surface area contributed by atoms with Gasteiger partial charge in [-0.2, -0.15) is 16.9 Å². The van der Waals surface area contributed by atoms with Crippen LogP contribution in [0.1, 0.15) is 52.3 Å². The molecule has 3 heteroatoms. The summed E-state index contributed by atoms with van der Waals surface area (Å²) in [6, 6.07) is 0. The molecule has 0 bridgehead atoms. The lowest BCUT2D eigenvalue weighted by atomic mass is 10.2. The number of hydrogen-bond donors (Lipinski definition) is 1. The van der Waals surface area contributed by atoms with Crippen LogP contribution in [-0.4, -0.2) is 21.7 Å². The fourth-order valence-electron chi connectivity index (χ4n) is 1.39. The molecule has 1 N–H and O–H groups in total. The highest BCUT2D eigenvalue weighted by atomic mass is 32.2. The van der Waals surface area contributed by atoms with E-state index < -0.39 is 0 Å². The lowest BCUT2D eigenvalue weighted by Gasteiger charge is -2.04. The number of rotatable bonds is 6. The van der Waals surface area contributed by atoms with Crippen LogP contribution >= 0.6 is 11.8 Å². The number of H-pyrrole nitrogens is 1. The highest BCUT2D eigenvalue weighted by molar-refractivity contribution is 7.99. The molecule has 2 nitrogen and oxygen atoms in total. The van der Waals surface area contributed by atoms with Crippen molar-refractivity contribution >= 4 is 11.8 Å². The van der Waals surface area contributed by atoms with Gasteiger partial charge in [-0.3, -0.25) is 5.10 Å². The third kappa shape index (κ3) is 7.48. The van der Waals surface area contributed by atoms with E-state index in [9.17, 15) is 0 Å². The molecular formula is C14H28N2S. The Balaban J connectivity index is 0.000000304. The molecule has 0 radical (unpaired) electrons. The summed E-state index contributed by atoms with van der Waals surface area (Å²) in [4.78, 5) is 0. The molecule has 0 aliphatic rings. The van der Waals surface area contributed by atoms with E-state index in [1.54, 1.807) is 0 Å². The molecule has 1 rings (SSSR count). The van der Waals surface area contributed by atoms with Crippen LogP contribution in [0.15, 0.2) is 6.20 Å². The van der Waals surface area contributed by atoms with Crippen molar-refractivity contribution in [1.29, 1.82) is 0 Å². The summed E-state index contributed by atoms with van der Waals surface area (Å²) in [6.45, 7) is 11.0. The molecule has 0 aromatic carbocycles.